The third-order valence-electron chi connectivity index (χ3n) is 10.6. The normalized spacial score (nSPS) is 13.0. The number of carboxylic acid groups (broad SMARTS) is 7. The lowest BCUT2D eigenvalue weighted by atomic mass is 10.1. The molecule has 0 heterocycles. The van der Waals surface area contributed by atoms with Crippen LogP contribution >= 0.6 is 86.3 Å². The number of carbonyl (C=O) groups is 7. The molecule has 9 N–H and O–H groups in total. The largest absolute Gasteiger partial charge is 0.479 e. The Balaban J connectivity index is 0.000000353. The zero-order chi connectivity index (χ0) is 64.8. The number of nitrogens with two attached hydrogens (primary N) is 1. The van der Waals surface area contributed by atoms with Crippen molar-refractivity contribution in [1.29, 1.82) is 0 Å². The molecule has 0 saturated heterocycles. The molecule has 464 valence electrons. The van der Waals surface area contributed by atoms with Crippen LogP contribution in [-0.4, -0.2) is 121 Å². The van der Waals surface area contributed by atoms with Gasteiger partial charge in [-0.15, -0.1) is 0 Å². The highest BCUT2D eigenvalue weighted by Crippen LogP contribution is 2.35. The Morgan fingerprint density at radius 1 is 0.477 bits per heavy atom. The quantitative estimate of drug-likeness (QED) is 0.0293. The minimum atomic E-state index is -1.17. The second-order valence-electron chi connectivity index (χ2n) is 18.0. The number of benzene rings is 6. The summed E-state index contributed by atoms with van der Waals surface area (Å²) in [5, 5.41) is 61.2. The highest BCUT2D eigenvalue weighted by Gasteiger charge is 2.38. The molecule has 1 fully saturated rings. The molecular formula is C59H61Br4FINO20. The van der Waals surface area contributed by atoms with E-state index in [0.717, 1.165) is 29.8 Å². The lowest BCUT2D eigenvalue weighted by molar-refractivity contribution is -0.147. The van der Waals surface area contributed by atoms with Crippen molar-refractivity contribution in [2.24, 2.45) is 17.6 Å². The van der Waals surface area contributed by atoms with Gasteiger partial charge in [0.15, 0.2) is 30.5 Å². The number of aromatic carboxylic acids is 1. The topological polar surface area (TPSA) is 342 Å². The lowest BCUT2D eigenvalue weighted by Gasteiger charge is -2.18. The Hall–Kier alpha value is -7.05. The first-order valence-electron chi connectivity index (χ1n) is 25.3. The SMILES string of the molecule is CC(C)[C@H](Oc1ccc(Br)cc1)C(=O)O.C[C@H](Oc1ccc(Br)cc1)C(=O)O.C[C@H](Oc1ccc(Br)cc1C(=O)O)C(=O)O.C[C@H](Oc1ccc(I)cc1)C(=O)O.NCC(Oc1ccc(F)cc1)C(=O)O.O=C(O)C(Oc1ccc(Br)cc1)C1CC1. The predicted molar refractivity (Wildman–Crippen MR) is 335 cm³/mol. The summed E-state index contributed by atoms with van der Waals surface area (Å²) in [6.07, 6.45) is -3.40. The van der Waals surface area contributed by atoms with Gasteiger partial charge in [-0.3, -0.25) is 0 Å². The van der Waals surface area contributed by atoms with Crippen LogP contribution in [0.1, 0.15) is 57.8 Å². The Morgan fingerprint density at radius 2 is 0.837 bits per heavy atom. The molecule has 2 unspecified atom stereocenters. The Labute approximate surface area is 541 Å². The molecule has 86 heavy (non-hydrogen) atoms. The highest BCUT2D eigenvalue weighted by molar-refractivity contribution is 14.1. The Morgan fingerprint density at radius 3 is 1.19 bits per heavy atom. The molecule has 21 nitrogen and oxygen atoms in total. The minimum Gasteiger partial charge on any atom is -0.479 e. The third-order valence-corrected chi connectivity index (χ3v) is 13.4. The van der Waals surface area contributed by atoms with Gasteiger partial charge in [-0.25, -0.2) is 38.0 Å². The molecular weight excluding hydrogens is 1510 g/mol. The van der Waals surface area contributed by atoms with Gasteiger partial charge in [0.25, 0.3) is 0 Å². The van der Waals surface area contributed by atoms with Crippen LogP contribution in [0.15, 0.2) is 157 Å². The van der Waals surface area contributed by atoms with Crippen LogP contribution in [0.5, 0.6) is 34.5 Å². The average Bonchev–Trinajstić information content (AvgIpc) is 4.48. The van der Waals surface area contributed by atoms with Crippen molar-refractivity contribution in [1.82, 2.24) is 0 Å². The van der Waals surface area contributed by atoms with E-state index in [2.05, 4.69) is 86.3 Å². The van der Waals surface area contributed by atoms with Crippen molar-refractivity contribution >= 4 is 128 Å². The maximum Gasteiger partial charge on any atom is 0.346 e. The summed E-state index contributed by atoms with van der Waals surface area (Å²) in [6, 6.07) is 38.0. The standard InChI is InChI=1S/C11H11BrO3.C11H13BrO3.C10H9BrO5.C9H9BrO3.C9H10FNO3.C9H9IO3/c12-8-3-5-9(6-4-8)15-10(11(13)14)7-1-2-7;1-7(2)10(11(13)14)15-9-5-3-8(12)4-6-9;1-5(9(12)13)16-8-3-2-6(11)4-7(8)10(14)15;1-6(9(11)12)13-8-4-2-7(10)3-5-8;10-6-1-3-7(4-2-6)14-8(5-11)9(12)13;1-6(9(11)12)13-8-4-2-7(10)3-5-8/h3-7,10H,1-2H2,(H,13,14);3-7,10H,1-2H3,(H,13,14);2-5H,1H3,(H,12,13)(H,14,15);2-6H,1H3,(H,11,12);1-4,8H,5,11H2,(H,12,13);2-6H,1H3,(H,11,12)/t;10-;5-;6-;;6-/m.000.0/s1. The molecule has 27 heteroatoms. The summed E-state index contributed by atoms with van der Waals surface area (Å²) in [7, 11) is 0. The first kappa shape index (κ1) is 75.0. The number of hydrogen-bond donors (Lipinski definition) is 8. The van der Waals surface area contributed by atoms with Crippen LogP contribution in [-0.2, 0) is 28.8 Å². The summed E-state index contributed by atoms with van der Waals surface area (Å²) in [5.74, 6) is -4.87. The van der Waals surface area contributed by atoms with E-state index in [0.29, 0.717) is 27.5 Å². The molecule has 0 amide bonds. The maximum atomic E-state index is 12.5. The van der Waals surface area contributed by atoms with E-state index in [1.807, 2.05) is 50.2 Å². The van der Waals surface area contributed by atoms with Crippen LogP contribution in [0.3, 0.4) is 0 Å². The fourth-order valence-electron chi connectivity index (χ4n) is 5.96. The van der Waals surface area contributed by atoms with Gasteiger partial charge < -0.3 is 69.9 Å². The molecule has 1 aliphatic rings. The third kappa shape index (κ3) is 30.3. The van der Waals surface area contributed by atoms with Crippen molar-refractivity contribution in [2.75, 3.05) is 6.54 Å². The Bertz CT molecular complexity index is 2980. The van der Waals surface area contributed by atoms with Crippen LogP contribution in [0.2, 0.25) is 0 Å². The van der Waals surface area contributed by atoms with Crippen molar-refractivity contribution in [2.45, 2.75) is 84.1 Å². The van der Waals surface area contributed by atoms with Crippen LogP contribution < -0.4 is 34.2 Å². The molecule has 1 aliphatic carbocycles. The van der Waals surface area contributed by atoms with Crippen LogP contribution in [0.25, 0.3) is 0 Å². The molecule has 0 aliphatic heterocycles. The van der Waals surface area contributed by atoms with Crippen LogP contribution in [0, 0.1) is 21.2 Å². The molecule has 6 atom stereocenters. The van der Waals surface area contributed by atoms with Gasteiger partial charge in [0.2, 0.25) is 6.10 Å². The van der Waals surface area contributed by atoms with Gasteiger partial charge in [-0.05, 0) is 196 Å². The van der Waals surface area contributed by atoms with E-state index in [1.54, 1.807) is 66.7 Å². The number of halogens is 6. The van der Waals surface area contributed by atoms with Gasteiger partial charge in [0, 0.05) is 39.8 Å². The molecule has 7 rings (SSSR count). The van der Waals surface area contributed by atoms with Gasteiger partial charge in [-0.1, -0.05) is 77.6 Å². The molecule has 1 saturated carbocycles. The fourth-order valence-corrected chi connectivity index (χ4v) is 7.48. The van der Waals surface area contributed by atoms with E-state index in [9.17, 15) is 38.0 Å². The van der Waals surface area contributed by atoms with Crippen molar-refractivity contribution in [3.63, 3.8) is 0 Å². The highest BCUT2D eigenvalue weighted by atomic mass is 127. The van der Waals surface area contributed by atoms with E-state index >= 15 is 0 Å². The molecule has 0 aromatic heterocycles. The molecule has 6 aromatic rings. The van der Waals surface area contributed by atoms with Gasteiger partial charge in [0.05, 0.1) is 0 Å². The second-order valence-corrected chi connectivity index (χ2v) is 22.9. The summed E-state index contributed by atoms with van der Waals surface area (Å²) in [6.45, 7) is 7.82. The summed E-state index contributed by atoms with van der Waals surface area (Å²) >= 11 is 15.2. The van der Waals surface area contributed by atoms with E-state index in [1.165, 1.54) is 57.2 Å². The first-order chi connectivity index (χ1) is 40.4. The summed E-state index contributed by atoms with van der Waals surface area (Å²) in [4.78, 5) is 74.6. The van der Waals surface area contributed by atoms with E-state index < -0.39 is 84.2 Å². The van der Waals surface area contributed by atoms with E-state index in [4.69, 9.17) is 69.9 Å². The smallest absolute Gasteiger partial charge is 0.346 e. The minimum absolute atomic E-state index is 0.0330. The Kier molecular flexibility index (Phi) is 33.9. The molecule has 6 aromatic carbocycles. The van der Waals surface area contributed by atoms with E-state index in [-0.39, 0.29) is 35.4 Å². The van der Waals surface area contributed by atoms with Crippen molar-refractivity contribution in [3.05, 3.63) is 172 Å². The number of carboxylic acids is 7. The van der Waals surface area contributed by atoms with Gasteiger partial charge in [-0.2, -0.15) is 0 Å². The molecule has 0 bridgehead atoms. The molecule has 0 spiro atoms. The fraction of sp³-hybridized carbons (Fsp3) is 0.271. The average molecular weight is 1570 g/mol. The number of ether oxygens (including phenoxy) is 6. The van der Waals surface area contributed by atoms with Gasteiger partial charge in [0.1, 0.15) is 45.9 Å². The van der Waals surface area contributed by atoms with Crippen molar-refractivity contribution in [3.8, 4) is 34.5 Å². The summed E-state index contributed by atoms with van der Waals surface area (Å²) < 4.78 is 48.0. The lowest BCUT2D eigenvalue weighted by Crippen LogP contribution is -2.34. The number of hydrogen-bond acceptors (Lipinski definition) is 14. The zero-order valence-corrected chi connectivity index (χ0v) is 54.8. The summed E-state index contributed by atoms with van der Waals surface area (Å²) in [5.41, 5.74) is 5.09. The van der Waals surface area contributed by atoms with Crippen LogP contribution in [0.4, 0.5) is 4.39 Å². The zero-order valence-electron chi connectivity index (χ0n) is 46.3. The maximum absolute atomic E-state index is 12.5. The predicted octanol–water partition coefficient (Wildman–Crippen LogP) is 12.7. The van der Waals surface area contributed by atoms with Gasteiger partial charge >= 0.3 is 41.8 Å². The molecule has 0 radical (unpaired) electrons. The second kappa shape index (κ2) is 38.9. The number of aliphatic carboxylic acids is 6. The number of rotatable bonds is 22. The monoisotopic (exact) mass is 1560 g/mol. The van der Waals surface area contributed by atoms with Crippen molar-refractivity contribution < 1.29 is 102 Å². The first-order valence-corrected chi connectivity index (χ1v) is 29.5.